The summed E-state index contributed by atoms with van der Waals surface area (Å²) in [7, 11) is 0. The molecule has 5 nitrogen and oxygen atoms in total. The lowest BCUT2D eigenvalue weighted by Gasteiger charge is -2.17. The Morgan fingerprint density at radius 3 is 2.62 bits per heavy atom. The highest BCUT2D eigenvalue weighted by atomic mass is 16.5. The Morgan fingerprint density at radius 1 is 1.38 bits per heavy atom. The summed E-state index contributed by atoms with van der Waals surface area (Å²) in [4.78, 5) is 12.9. The third-order valence-electron chi connectivity index (χ3n) is 2.85. The summed E-state index contributed by atoms with van der Waals surface area (Å²) in [6, 6.07) is 1.51. The van der Waals surface area contributed by atoms with E-state index in [2.05, 4.69) is 10.1 Å². The van der Waals surface area contributed by atoms with Gasteiger partial charge in [0.25, 0.3) is 0 Å². The third-order valence-corrected chi connectivity index (χ3v) is 2.85. The Hall–Kier alpha value is -1.36. The summed E-state index contributed by atoms with van der Waals surface area (Å²) >= 11 is 0. The smallest absolute Gasteiger partial charge is 0.374 e. The van der Waals surface area contributed by atoms with Crippen LogP contribution in [-0.2, 0) is 6.54 Å². The van der Waals surface area contributed by atoms with Crippen LogP contribution in [0.25, 0.3) is 0 Å². The first-order chi connectivity index (χ1) is 7.75. The minimum Gasteiger partial charge on any atom is -0.475 e. The molecule has 1 fully saturated rings. The standard InChI is InChI=1S/C11H16N2O3/c14-11(15)10-7-9(12-16-10)8-13-5-3-1-2-4-6-13/h7H,1-6,8H2,(H,14,15). The van der Waals surface area contributed by atoms with Gasteiger partial charge in [-0.3, -0.25) is 4.90 Å². The highest BCUT2D eigenvalue weighted by Gasteiger charge is 2.14. The molecule has 16 heavy (non-hydrogen) atoms. The van der Waals surface area contributed by atoms with Crippen LogP contribution in [0.2, 0.25) is 0 Å². The fourth-order valence-corrected chi connectivity index (χ4v) is 2.01. The van der Waals surface area contributed by atoms with Gasteiger partial charge in [0, 0.05) is 12.6 Å². The maximum atomic E-state index is 10.6. The summed E-state index contributed by atoms with van der Waals surface area (Å²) in [5, 5.41) is 12.5. The van der Waals surface area contributed by atoms with E-state index in [-0.39, 0.29) is 5.76 Å². The summed E-state index contributed by atoms with van der Waals surface area (Å²) in [6.07, 6.45) is 5.00. The van der Waals surface area contributed by atoms with E-state index in [0.717, 1.165) is 13.1 Å². The second kappa shape index (κ2) is 5.12. The number of likely N-dealkylation sites (tertiary alicyclic amines) is 1. The van der Waals surface area contributed by atoms with Gasteiger partial charge in [-0.05, 0) is 25.9 Å². The molecular weight excluding hydrogens is 208 g/mol. The number of aromatic nitrogens is 1. The zero-order valence-electron chi connectivity index (χ0n) is 9.19. The van der Waals surface area contributed by atoms with Gasteiger partial charge in [0.05, 0.1) is 5.69 Å². The highest BCUT2D eigenvalue weighted by molar-refractivity contribution is 5.84. The van der Waals surface area contributed by atoms with Gasteiger partial charge in [0.2, 0.25) is 5.76 Å². The van der Waals surface area contributed by atoms with E-state index in [1.54, 1.807) is 0 Å². The molecule has 1 aromatic rings. The summed E-state index contributed by atoms with van der Waals surface area (Å²) in [5.74, 6) is -1.14. The second-order valence-electron chi connectivity index (χ2n) is 4.18. The van der Waals surface area contributed by atoms with E-state index in [1.165, 1.54) is 31.7 Å². The van der Waals surface area contributed by atoms with Crippen molar-refractivity contribution >= 4 is 5.97 Å². The molecule has 2 rings (SSSR count). The van der Waals surface area contributed by atoms with Gasteiger partial charge >= 0.3 is 5.97 Å². The average Bonchev–Trinajstić information content (AvgIpc) is 2.56. The Kier molecular flexibility index (Phi) is 3.56. The van der Waals surface area contributed by atoms with Gasteiger partial charge in [0.15, 0.2) is 0 Å². The predicted octanol–water partition coefficient (Wildman–Crippen LogP) is 1.75. The van der Waals surface area contributed by atoms with Crippen molar-refractivity contribution in [3.63, 3.8) is 0 Å². The molecule has 1 aliphatic rings. The van der Waals surface area contributed by atoms with E-state index >= 15 is 0 Å². The van der Waals surface area contributed by atoms with E-state index in [9.17, 15) is 4.79 Å². The number of rotatable bonds is 3. The van der Waals surface area contributed by atoms with Gasteiger partial charge in [-0.2, -0.15) is 0 Å². The molecule has 5 heteroatoms. The van der Waals surface area contributed by atoms with Crippen LogP contribution in [0.15, 0.2) is 10.6 Å². The SMILES string of the molecule is O=C(O)c1cc(CN2CCCCCC2)no1. The van der Waals surface area contributed by atoms with Crippen LogP contribution < -0.4 is 0 Å². The Morgan fingerprint density at radius 2 is 2.06 bits per heavy atom. The monoisotopic (exact) mass is 224 g/mol. The van der Waals surface area contributed by atoms with Crippen LogP contribution in [0.3, 0.4) is 0 Å². The molecule has 0 aromatic carbocycles. The zero-order valence-corrected chi connectivity index (χ0v) is 9.19. The lowest BCUT2D eigenvalue weighted by Crippen LogP contribution is -2.24. The minimum absolute atomic E-state index is 0.0789. The first-order valence-corrected chi connectivity index (χ1v) is 5.67. The summed E-state index contributed by atoms with van der Waals surface area (Å²) in [5.41, 5.74) is 0.708. The van der Waals surface area contributed by atoms with E-state index in [0.29, 0.717) is 12.2 Å². The largest absolute Gasteiger partial charge is 0.475 e. The van der Waals surface area contributed by atoms with Crippen molar-refractivity contribution in [3.8, 4) is 0 Å². The molecule has 88 valence electrons. The lowest BCUT2D eigenvalue weighted by atomic mass is 10.2. The van der Waals surface area contributed by atoms with Crippen LogP contribution in [-0.4, -0.2) is 34.2 Å². The number of carboxylic acids is 1. The molecule has 0 aliphatic carbocycles. The maximum absolute atomic E-state index is 10.6. The number of hydrogen-bond donors (Lipinski definition) is 1. The molecule has 0 spiro atoms. The number of nitrogens with zero attached hydrogens (tertiary/aromatic N) is 2. The quantitative estimate of drug-likeness (QED) is 0.847. The van der Waals surface area contributed by atoms with Crippen molar-refractivity contribution in [1.82, 2.24) is 10.1 Å². The van der Waals surface area contributed by atoms with Crippen molar-refractivity contribution in [2.24, 2.45) is 0 Å². The van der Waals surface area contributed by atoms with Gasteiger partial charge in [0.1, 0.15) is 0 Å². The molecule has 0 bridgehead atoms. The zero-order chi connectivity index (χ0) is 11.4. The second-order valence-corrected chi connectivity index (χ2v) is 4.18. The van der Waals surface area contributed by atoms with Crippen molar-refractivity contribution in [3.05, 3.63) is 17.5 Å². The molecule has 1 saturated heterocycles. The molecule has 1 aliphatic heterocycles. The number of carboxylic acid groups (broad SMARTS) is 1. The van der Waals surface area contributed by atoms with Crippen LogP contribution in [0.1, 0.15) is 41.9 Å². The fraction of sp³-hybridized carbons (Fsp3) is 0.636. The predicted molar refractivity (Wildman–Crippen MR) is 57.2 cm³/mol. The molecule has 1 aromatic heterocycles. The first kappa shape index (κ1) is 11.1. The number of carbonyl (C=O) groups is 1. The highest BCUT2D eigenvalue weighted by Crippen LogP contribution is 2.13. The number of aromatic carboxylic acids is 1. The third kappa shape index (κ3) is 2.82. The van der Waals surface area contributed by atoms with Gasteiger partial charge < -0.3 is 9.63 Å². The molecule has 0 atom stereocenters. The van der Waals surface area contributed by atoms with Crippen molar-refractivity contribution < 1.29 is 14.4 Å². The Balaban J connectivity index is 1.94. The average molecular weight is 224 g/mol. The molecule has 0 amide bonds. The Labute approximate surface area is 94.0 Å². The summed E-state index contributed by atoms with van der Waals surface area (Å²) in [6.45, 7) is 2.82. The van der Waals surface area contributed by atoms with Crippen LogP contribution >= 0.6 is 0 Å². The minimum atomic E-state index is -1.06. The fourth-order valence-electron chi connectivity index (χ4n) is 2.01. The van der Waals surface area contributed by atoms with Crippen molar-refractivity contribution in [2.45, 2.75) is 32.2 Å². The topological polar surface area (TPSA) is 66.6 Å². The van der Waals surface area contributed by atoms with Gasteiger partial charge in [-0.15, -0.1) is 0 Å². The first-order valence-electron chi connectivity index (χ1n) is 5.67. The van der Waals surface area contributed by atoms with Gasteiger partial charge in [-0.1, -0.05) is 18.0 Å². The van der Waals surface area contributed by atoms with E-state index in [4.69, 9.17) is 9.63 Å². The number of hydrogen-bond acceptors (Lipinski definition) is 4. The van der Waals surface area contributed by atoms with E-state index in [1.807, 2.05) is 0 Å². The maximum Gasteiger partial charge on any atom is 0.374 e. The molecular formula is C11H16N2O3. The molecule has 0 unspecified atom stereocenters. The summed E-state index contributed by atoms with van der Waals surface area (Å²) < 4.78 is 4.72. The van der Waals surface area contributed by atoms with Crippen LogP contribution in [0.5, 0.6) is 0 Å². The molecule has 1 N–H and O–H groups in total. The van der Waals surface area contributed by atoms with Crippen molar-refractivity contribution in [1.29, 1.82) is 0 Å². The molecule has 2 heterocycles. The van der Waals surface area contributed by atoms with Crippen LogP contribution in [0.4, 0.5) is 0 Å². The van der Waals surface area contributed by atoms with Gasteiger partial charge in [-0.25, -0.2) is 4.79 Å². The van der Waals surface area contributed by atoms with E-state index < -0.39 is 5.97 Å². The van der Waals surface area contributed by atoms with Crippen LogP contribution in [0, 0.1) is 0 Å². The normalized spacial score (nSPS) is 18.2. The molecule has 0 saturated carbocycles. The Bertz CT molecular complexity index is 354. The molecule has 0 radical (unpaired) electrons. The lowest BCUT2D eigenvalue weighted by molar-refractivity contribution is 0.0652. The van der Waals surface area contributed by atoms with Crippen molar-refractivity contribution in [2.75, 3.05) is 13.1 Å².